The lowest BCUT2D eigenvalue weighted by Crippen LogP contribution is -2.32. The molecule has 0 amide bonds. The zero-order chi connectivity index (χ0) is 10.3. The van der Waals surface area contributed by atoms with E-state index in [2.05, 4.69) is 4.99 Å². The van der Waals surface area contributed by atoms with Gasteiger partial charge in [0.15, 0.2) is 5.96 Å². The first-order valence-electron chi connectivity index (χ1n) is 4.03. The fourth-order valence-electron chi connectivity index (χ4n) is 0.862. The molecule has 0 radical (unpaired) electrons. The molecule has 0 unspecified atom stereocenters. The van der Waals surface area contributed by atoms with Crippen LogP contribution in [0.15, 0.2) is 4.99 Å². The van der Waals surface area contributed by atoms with E-state index >= 15 is 0 Å². The van der Waals surface area contributed by atoms with Crippen molar-refractivity contribution < 1.29 is 10.0 Å². The van der Waals surface area contributed by atoms with Crippen LogP contribution >= 0.6 is 0 Å². The van der Waals surface area contributed by atoms with E-state index in [1.807, 2.05) is 5.48 Å². The number of nitrogens with one attached hydrogen (secondary N) is 1. The molecule has 0 heterocycles. The maximum atomic E-state index is 10.8. The van der Waals surface area contributed by atoms with E-state index in [1.54, 1.807) is 0 Å². The highest BCUT2D eigenvalue weighted by Gasteiger charge is 2.11. The van der Waals surface area contributed by atoms with Gasteiger partial charge in [-0.3, -0.25) is 9.79 Å². The molecule has 6 nitrogen and oxygen atoms in total. The normalized spacial score (nSPS) is 12.2. The summed E-state index contributed by atoms with van der Waals surface area (Å²) in [6, 6.07) is -0.519. The van der Waals surface area contributed by atoms with Crippen molar-refractivity contribution in [2.75, 3.05) is 6.54 Å². The van der Waals surface area contributed by atoms with E-state index in [9.17, 15) is 4.79 Å². The van der Waals surface area contributed by atoms with Gasteiger partial charge >= 0.3 is 0 Å². The van der Waals surface area contributed by atoms with Crippen molar-refractivity contribution in [3.8, 4) is 0 Å². The van der Waals surface area contributed by atoms with E-state index in [0.717, 1.165) is 0 Å². The molecule has 0 aliphatic heterocycles. The molecule has 13 heavy (non-hydrogen) atoms. The van der Waals surface area contributed by atoms with Crippen molar-refractivity contribution in [2.24, 2.45) is 16.5 Å². The summed E-state index contributed by atoms with van der Waals surface area (Å²) in [6.45, 7) is 1.88. The lowest BCUT2D eigenvalue weighted by Gasteiger charge is -2.09. The van der Waals surface area contributed by atoms with Gasteiger partial charge in [0.2, 0.25) is 0 Å². The number of guanidine groups is 1. The van der Waals surface area contributed by atoms with E-state index in [4.69, 9.17) is 16.7 Å². The number of aliphatic imine (C=N–C) groups is 1. The molecule has 0 saturated heterocycles. The van der Waals surface area contributed by atoms with Gasteiger partial charge in [0.25, 0.3) is 0 Å². The van der Waals surface area contributed by atoms with Crippen LogP contribution in [0.5, 0.6) is 0 Å². The maximum Gasteiger partial charge on any atom is 0.185 e. The summed E-state index contributed by atoms with van der Waals surface area (Å²) in [7, 11) is 0. The molecule has 0 aromatic carbocycles. The smallest absolute Gasteiger partial charge is 0.185 e. The average Bonchev–Trinajstić information content (AvgIpc) is 2.03. The number of nitrogens with two attached hydrogens (primary N) is 2. The highest BCUT2D eigenvalue weighted by atomic mass is 16.5. The Bertz CT molecular complexity index is 189. The first-order chi connectivity index (χ1) is 6.07. The molecule has 0 rings (SSSR count). The monoisotopic (exact) mass is 188 g/mol. The number of nitrogens with zero attached hydrogens (tertiary/aromatic N) is 1. The minimum absolute atomic E-state index is 0.0383. The molecule has 0 aromatic rings. The van der Waals surface area contributed by atoms with Crippen molar-refractivity contribution in [3.05, 3.63) is 0 Å². The predicted octanol–water partition coefficient (Wildman–Crippen LogP) is -1.02. The molecule has 0 aliphatic carbocycles. The molecular formula is C7H16N4O2. The van der Waals surface area contributed by atoms with Crippen LogP contribution in [-0.2, 0) is 4.79 Å². The molecule has 0 aromatic heterocycles. The molecule has 76 valence electrons. The van der Waals surface area contributed by atoms with Crippen molar-refractivity contribution in [2.45, 2.75) is 25.8 Å². The van der Waals surface area contributed by atoms with Crippen molar-refractivity contribution in [3.63, 3.8) is 0 Å². The lowest BCUT2D eigenvalue weighted by molar-refractivity contribution is -0.121. The first-order valence-corrected chi connectivity index (χ1v) is 4.03. The Labute approximate surface area is 77.0 Å². The summed E-state index contributed by atoms with van der Waals surface area (Å²) in [5.74, 6) is -0.0662. The fourth-order valence-corrected chi connectivity index (χ4v) is 0.862. The van der Waals surface area contributed by atoms with Crippen LogP contribution < -0.4 is 16.9 Å². The van der Waals surface area contributed by atoms with Crippen molar-refractivity contribution >= 4 is 11.7 Å². The molecule has 6 heteroatoms. The van der Waals surface area contributed by atoms with Gasteiger partial charge in [-0.15, -0.1) is 0 Å². The zero-order valence-corrected chi connectivity index (χ0v) is 7.66. The number of hydrogen-bond donors (Lipinski definition) is 4. The second-order valence-electron chi connectivity index (χ2n) is 2.74. The van der Waals surface area contributed by atoms with Gasteiger partial charge < -0.3 is 16.7 Å². The molecule has 1 atom stereocenters. The highest BCUT2D eigenvalue weighted by molar-refractivity contribution is 5.81. The van der Waals surface area contributed by atoms with E-state index in [0.29, 0.717) is 19.4 Å². The summed E-state index contributed by atoms with van der Waals surface area (Å²) in [6.07, 6.45) is 1.16. The number of ketones is 1. The van der Waals surface area contributed by atoms with E-state index < -0.39 is 6.04 Å². The van der Waals surface area contributed by atoms with Gasteiger partial charge in [-0.25, -0.2) is 0 Å². The van der Waals surface area contributed by atoms with Gasteiger partial charge in [-0.2, -0.15) is 5.48 Å². The van der Waals surface area contributed by atoms with Crippen LogP contribution in [0, 0.1) is 0 Å². The Morgan fingerprint density at radius 3 is 2.62 bits per heavy atom. The Hall–Kier alpha value is -1.14. The number of carbonyl (C=O) groups excluding carboxylic acids is 1. The second-order valence-corrected chi connectivity index (χ2v) is 2.74. The van der Waals surface area contributed by atoms with Crippen LogP contribution in [-0.4, -0.2) is 29.5 Å². The topological polar surface area (TPSA) is 114 Å². The highest BCUT2D eigenvalue weighted by Crippen LogP contribution is 1.97. The van der Waals surface area contributed by atoms with E-state index in [-0.39, 0.29) is 11.7 Å². The summed E-state index contributed by atoms with van der Waals surface area (Å²) in [4.78, 5) is 14.5. The molecule has 0 fully saturated rings. The van der Waals surface area contributed by atoms with Gasteiger partial charge in [0, 0.05) is 6.54 Å². The Morgan fingerprint density at radius 2 is 2.23 bits per heavy atom. The van der Waals surface area contributed by atoms with Gasteiger partial charge in [0.1, 0.15) is 5.78 Å². The van der Waals surface area contributed by atoms with Gasteiger partial charge in [-0.05, 0) is 19.8 Å². The molecule has 0 aliphatic rings. The summed E-state index contributed by atoms with van der Waals surface area (Å²) >= 11 is 0. The predicted molar refractivity (Wildman–Crippen MR) is 49.3 cm³/mol. The SMILES string of the molecule is CC(=O)[C@H](CCCN=C(N)N)NO. The number of hydroxylamine groups is 1. The Kier molecular flexibility index (Phi) is 5.82. The minimum Gasteiger partial charge on any atom is -0.370 e. The average molecular weight is 188 g/mol. The Balaban J connectivity index is 3.62. The minimum atomic E-state index is -0.519. The largest absolute Gasteiger partial charge is 0.370 e. The Morgan fingerprint density at radius 1 is 1.62 bits per heavy atom. The number of rotatable bonds is 6. The van der Waals surface area contributed by atoms with Gasteiger partial charge in [-0.1, -0.05) is 0 Å². The molecule has 0 bridgehead atoms. The maximum absolute atomic E-state index is 10.8. The number of carbonyl (C=O) groups is 1. The van der Waals surface area contributed by atoms with Crippen molar-refractivity contribution in [1.29, 1.82) is 0 Å². The van der Waals surface area contributed by atoms with Crippen LogP contribution in [0.4, 0.5) is 0 Å². The standard InChI is InChI=1S/C7H16N4O2/c1-5(12)6(11-13)3-2-4-10-7(8)9/h6,11,13H,2-4H2,1H3,(H4,8,9,10)/t6-/m0/s1. The van der Waals surface area contributed by atoms with Crippen LogP contribution in [0.25, 0.3) is 0 Å². The third-order valence-corrected chi connectivity index (χ3v) is 1.59. The van der Waals surface area contributed by atoms with Crippen LogP contribution in [0.1, 0.15) is 19.8 Å². The van der Waals surface area contributed by atoms with Crippen LogP contribution in [0.2, 0.25) is 0 Å². The number of Topliss-reactive ketones (excluding diaryl/α,β-unsaturated/α-hetero) is 1. The van der Waals surface area contributed by atoms with Crippen LogP contribution in [0.3, 0.4) is 0 Å². The molecule has 0 spiro atoms. The molecule has 0 saturated carbocycles. The van der Waals surface area contributed by atoms with Gasteiger partial charge in [0.05, 0.1) is 6.04 Å². The number of hydrogen-bond acceptors (Lipinski definition) is 4. The second kappa shape index (κ2) is 6.38. The summed E-state index contributed by atoms with van der Waals surface area (Å²) in [5.41, 5.74) is 12.1. The summed E-state index contributed by atoms with van der Waals surface area (Å²) < 4.78 is 0. The fraction of sp³-hybridized carbons (Fsp3) is 0.714. The zero-order valence-electron chi connectivity index (χ0n) is 7.66. The lowest BCUT2D eigenvalue weighted by atomic mass is 10.1. The molecular weight excluding hydrogens is 172 g/mol. The first kappa shape index (κ1) is 11.9. The molecule has 6 N–H and O–H groups in total. The third-order valence-electron chi connectivity index (χ3n) is 1.59. The quantitative estimate of drug-likeness (QED) is 0.184. The third kappa shape index (κ3) is 6.06. The van der Waals surface area contributed by atoms with E-state index in [1.165, 1.54) is 6.92 Å². The summed E-state index contributed by atoms with van der Waals surface area (Å²) in [5, 5.41) is 8.55. The van der Waals surface area contributed by atoms with Crippen molar-refractivity contribution in [1.82, 2.24) is 5.48 Å².